The molecule has 94 valence electrons. The normalized spacial score (nSPS) is 19.5. The maximum Gasteiger partial charge on any atom is 0.213 e. The maximum absolute atomic E-state index is 10.0. The van der Waals surface area contributed by atoms with E-state index in [4.69, 9.17) is 9.47 Å². The minimum Gasteiger partial charge on any atom is -0.469 e. The number of hydrogen-bond donors (Lipinski definition) is 1. The van der Waals surface area contributed by atoms with Gasteiger partial charge >= 0.3 is 0 Å². The lowest BCUT2D eigenvalue weighted by molar-refractivity contribution is -0.0813. The SMILES string of the molecule is CC[C@@H](C)C(O)c1ccc(OC2COC2)nc1. The second-order valence-electron chi connectivity index (χ2n) is 4.54. The van der Waals surface area contributed by atoms with E-state index in [1.807, 2.05) is 13.0 Å². The number of ether oxygens (including phenoxy) is 2. The summed E-state index contributed by atoms with van der Waals surface area (Å²) in [6, 6.07) is 3.68. The van der Waals surface area contributed by atoms with Crippen molar-refractivity contribution in [2.45, 2.75) is 32.5 Å². The van der Waals surface area contributed by atoms with E-state index in [0.717, 1.165) is 12.0 Å². The minimum absolute atomic E-state index is 0.132. The van der Waals surface area contributed by atoms with Crippen molar-refractivity contribution >= 4 is 0 Å². The van der Waals surface area contributed by atoms with E-state index < -0.39 is 6.10 Å². The van der Waals surface area contributed by atoms with Crippen molar-refractivity contribution in [3.63, 3.8) is 0 Å². The summed E-state index contributed by atoms with van der Waals surface area (Å²) in [4.78, 5) is 4.20. The smallest absolute Gasteiger partial charge is 0.213 e. The summed E-state index contributed by atoms with van der Waals surface area (Å²) in [6.07, 6.45) is 2.31. The molecule has 0 radical (unpaired) electrons. The molecule has 0 bridgehead atoms. The van der Waals surface area contributed by atoms with Crippen LogP contribution in [0.3, 0.4) is 0 Å². The zero-order chi connectivity index (χ0) is 12.3. The Labute approximate surface area is 102 Å². The Morgan fingerprint density at radius 3 is 2.76 bits per heavy atom. The third kappa shape index (κ3) is 2.96. The largest absolute Gasteiger partial charge is 0.469 e. The molecule has 17 heavy (non-hydrogen) atoms. The summed E-state index contributed by atoms with van der Waals surface area (Å²) in [5.74, 6) is 0.835. The summed E-state index contributed by atoms with van der Waals surface area (Å²) < 4.78 is 10.6. The fraction of sp³-hybridized carbons (Fsp3) is 0.615. The van der Waals surface area contributed by atoms with Crippen molar-refractivity contribution in [1.82, 2.24) is 4.98 Å². The second-order valence-corrected chi connectivity index (χ2v) is 4.54. The first-order valence-corrected chi connectivity index (χ1v) is 6.09. The van der Waals surface area contributed by atoms with Gasteiger partial charge in [-0.2, -0.15) is 0 Å². The maximum atomic E-state index is 10.0. The molecule has 4 nitrogen and oxygen atoms in total. The van der Waals surface area contributed by atoms with Gasteiger partial charge in [-0.3, -0.25) is 0 Å². The van der Waals surface area contributed by atoms with E-state index in [0.29, 0.717) is 19.1 Å². The zero-order valence-electron chi connectivity index (χ0n) is 10.3. The van der Waals surface area contributed by atoms with Gasteiger partial charge in [0.2, 0.25) is 5.88 Å². The number of pyridine rings is 1. The Bertz CT molecular complexity index is 348. The van der Waals surface area contributed by atoms with E-state index in [9.17, 15) is 5.11 Å². The summed E-state index contributed by atoms with van der Waals surface area (Å²) in [5, 5.41) is 10.0. The fourth-order valence-corrected chi connectivity index (χ4v) is 1.64. The molecule has 0 saturated carbocycles. The molecule has 1 N–H and O–H groups in total. The molecule has 1 saturated heterocycles. The van der Waals surface area contributed by atoms with Gasteiger partial charge in [0.05, 0.1) is 19.3 Å². The van der Waals surface area contributed by atoms with Crippen molar-refractivity contribution in [1.29, 1.82) is 0 Å². The molecule has 1 aromatic rings. The molecule has 1 aliphatic rings. The molecule has 2 rings (SSSR count). The van der Waals surface area contributed by atoms with Gasteiger partial charge in [0, 0.05) is 12.3 Å². The lowest BCUT2D eigenvalue weighted by Gasteiger charge is -2.26. The van der Waals surface area contributed by atoms with Gasteiger partial charge in [0.15, 0.2) is 0 Å². The first kappa shape index (κ1) is 12.3. The fourth-order valence-electron chi connectivity index (χ4n) is 1.64. The molecule has 2 heterocycles. The van der Waals surface area contributed by atoms with Crippen LogP contribution in [0.4, 0.5) is 0 Å². The Kier molecular flexibility index (Phi) is 3.97. The van der Waals surface area contributed by atoms with Gasteiger partial charge in [-0.1, -0.05) is 20.3 Å². The molecule has 0 amide bonds. The molecule has 0 spiro atoms. The van der Waals surface area contributed by atoms with Crippen molar-refractivity contribution in [3.05, 3.63) is 23.9 Å². The summed E-state index contributed by atoms with van der Waals surface area (Å²) in [5.41, 5.74) is 0.844. The van der Waals surface area contributed by atoms with Crippen molar-refractivity contribution in [3.8, 4) is 5.88 Å². The molecule has 2 atom stereocenters. The summed E-state index contributed by atoms with van der Waals surface area (Å²) in [7, 11) is 0. The lowest BCUT2D eigenvalue weighted by atomic mass is 9.97. The quantitative estimate of drug-likeness (QED) is 0.850. The number of aliphatic hydroxyl groups excluding tert-OH is 1. The van der Waals surface area contributed by atoms with Crippen LogP contribution < -0.4 is 4.74 Å². The standard InChI is InChI=1S/C13H19NO3/c1-3-9(2)13(15)10-4-5-12(14-6-10)17-11-7-16-8-11/h4-6,9,11,13,15H,3,7-8H2,1-2H3/t9-,13?/m1/s1. The van der Waals surface area contributed by atoms with Gasteiger partial charge in [-0.15, -0.1) is 0 Å². The molecule has 0 aliphatic carbocycles. The molecule has 1 aromatic heterocycles. The van der Waals surface area contributed by atoms with Crippen molar-refractivity contribution in [2.24, 2.45) is 5.92 Å². The Hall–Kier alpha value is -1.13. The number of nitrogens with zero attached hydrogens (tertiary/aromatic N) is 1. The highest BCUT2D eigenvalue weighted by Crippen LogP contribution is 2.24. The van der Waals surface area contributed by atoms with E-state index in [1.54, 1.807) is 12.3 Å². The first-order chi connectivity index (χ1) is 8.20. The first-order valence-electron chi connectivity index (χ1n) is 6.09. The lowest BCUT2D eigenvalue weighted by Crippen LogP contribution is -2.38. The predicted octanol–water partition coefficient (Wildman–Crippen LogP) is 1.94. The third-order valence-electron chi connectivity index (χ3n) is 3.18. The van der Waals surface area contributed by atoms with Crippen LogP contribution in [0.2, 0.25) is 0 Å². The molecule has 1 aliphatic heterocycles. The Balaban J connectivity index is 1.96. The second kappa shape index (κ2) is 5.47. The van der Waals surface area contributed by atoms with Crippen LogP contribution in [0, 0.1) is 5.92 Å². The van der Waals surface area contributed by atoms with Crippen LogP contribution in [-0.2, 0) is 4.74 Å². The van der Waals surface area contributed by atoms with Crippen LogP contribution in [0.25, 0.3) is 0 Å². The highest BCUT2D eigenvalue weighted by Gasteiger charge is 2.21. The average molecular weight is 237 g/mol. The molecule has 4 heteroatoms. The number of rotatable bonds is 5. The molecular weight excluding hydrogens is 218 g/mol. The van der Waals surface area contributed by atoms with Gasteiger partial charge in [0.25, 0.3) is 0 Å². The van der Waals surface area contributed by atoms with Gasteiger partial charge in [0.1, 0.15) is 6.10 Å². The van der Waals surface area contributed by atoms with E-state index >= 15 is 0 Å². The Morgan fingerprint density at radius 2 is 2.29 bits per heavy atom. The highest BCUT2D eigenvalue weighted by molar-refractivity contribution is 5.20. The van der Waals surface area contributed by atoms with E-state index in [1.165, 1.54) is 0 Å². The van der Waals surface area contributed by atoms with Crippen LogP contribution in [0.5, 0.6) is 5.88 Å². The minimum atomic E-state index is -0.450. The molecule has 1 unspecified atom stereocenters. The van der Waals surface area contributed by atoms with Crippen LogP contribution >= 0.6 is 0 Å². The van der Waals surface area contributed by atoms with Crippen molar-refractivity contribution in [2.75, 3.05) is 13.2 Å². The topological polar surface area (TPSA) is 51.6 Å². The molecule has 0 aromatic carbocycles. The van der Waals surface area contributed by atoms with Gasteiger partial charge < -0.3 is 14.6 Å². The number of hydrogen-bond acceptors (Lipinski definition) is 4. The molecular formula is C13H19NO3. The van der Waals surface area contributed by atoms with Crippen molar-refractivity contribution < 1.29 is 14.6 Å². The third-order valence-corrected chi connectivity index (χ3v) is 3.18. The highest BCUT2D eigenvalue weighted by atomic mass is 16.6. The van der Waals surface area contributed by atoms with Gasteiger partial charge in [-0.05, 0) is 17.5 Å². The van der Waals surface area contributed by atoms with E-state index in [-0.39, 0.29) is 12.0 Å². The molecule has 1 fully saturated rings. The summed E-state index contributed by atoms with van der Waals surface area (Å²) >= 11 is 0. The van der Waals surface area contributed by atoms with Crippen LogP contribution in [0.15, 0.2) is 18.3 Å². The van der Waals surface area contributed by atoms with E-state index in [2.05, 4.69) is 11.9 Å². The Morgan fingerprint density at radius 1 is 1.53 bits per heavy atom. The summed E-state index contributed by atoms with van der Waals surface area (Å²) in [6.45, 7) is 5.37. The predicted molar refractivity (Wildman–Crippen MR) is 63.9 cm³/mol. The zero-order valence-corrected chi connectivity index (χ0v) is 10.3. The van der Waals surface area contributed by atoms with Crippen LogP contribution in [0.1, 0.15) is 31.9 Å². The number of aromatic nitrogens is 1. The number of aliphatic hydroxyl groups is 1. The van der Waals surface area contributed by atoms with Crippen LogP contribution in [-0.4, -0.2) is 29.4 Å². The van der Waals surface area contributed by atoms with Gasteiger partial charge in [-0.25, -0.2) is 4.98 Å². The monoisotopic (exact) mass is 237 g/mol. The average Bonchev–Trinajstić information content (AvgIpc) is 2.32.